The number of pyridine rings is 1. The second-order valence-corrected chi connectivity index (χ2v) is 7.90. The van der Waals surface area contributed by atoms with Crippen molar-refractivity contribution in [2.45, 2.75) is 37.9 Å². The van der Waals surface area contributed by atoms with Gasteiger partial charge in [-0.15, -0.1) is 12.4 Å². The SMILES string of the molecule is CC(C=O)OC1(CNc2ccccc2)CCN(CCc2cncc(Cl)c2)CC1.Cl. The van der Waals surface area contributed by atoms with Gasteiger partial charge in [0.15, 0.2) is 0 Å². The maximum Gasteiger partial charge on any atom is 0.148 e. The summed E-state index contributed by atoms with van der Waals surface area (Å²) in [5.41, 5.74) is 1.89. The van der Waals surface area contributed by atoms with Crippen LogP contribution in [0, 0.1) is 0 Å². The first kappa shape index (κ1) is 23.6. The van der Waals surface area contributed by atoms with Crippen molar-refractivity contribution in [2.75, 3.05) is 31.5 Å². The molecule has 1 aromatic heterocycles. The molecule has 0 saturated carbocycles. The molecule has 1 aromatic carbocycles. The molecule has 0 aliphatic carbocycles. The smallest absolute Gasteiger partial charge is 0.148 e. The van der Waals surface area contributed by atoms with Crippen LogP contribution in [0.3, 0.4) is 0 Å². The highest BCUT2D eigenvalue weighted by atomic mass is 35.5. The van der Waals surface area contributed by atoms with Gasteiger partial charge in [0.1, 0.15) is 12.4 Å². The third kappa shape index (κ3) is 7.27. The van der Waals surface area contributed by atoms with Crippen molar-refractivity contribution >= 4 is 36.0 Å². The van der Waals surface area contributed by atoms with Crippen molar-refractivity contribution in [2.24, 2.45) is 0 Å². The normalized spacial score (nSPS) is 17.2. The minimum absolute atomic E-state index is 0. The summed E-state index contributed by atoms with van der Waals surface area (Å²) in [5, 5.41) is 4.16. The van der Waals surface area contributed by atoms with Crippen LogP contribution in [-0.4, -0.2) is 54.1 Å². The van der Waals surface area contributed by atoms with Gasteiger partial charge in [-0.25, -0.2) is 0 Å². The van der Waals surface area contributed by atoms with E-state index < -0.39 is 6.10 Å². The molecule has 0 spiro atoms. The topological polar surface area (TPSA) is 54.5 Å². The zero-order valence-corrected chi connectivity index (χ0v) is 18.3. The van der Waals surface area contributed by atoms with Crippen LogP contribution in [-0.2, 0) is 16.0 Å². The summed E-state index contributed by atoms with van der Waals surface area (Å²) in [6.07, 6.45) is 6.71. The predicted molar refractivity (Wildman–Crippen MR) is 120 cm³/mol. The Hall–Kier alpha value is -1.66. The van der Waals surface area contributed by atoms with E-state index in [1.807, 2.05) is 49.5 Å². The highest BCUT2D eigenvalue weighted by Crippen LogP contribution is 2.28. The number of carbonyl (C=O) groups excluding carboxylic acids is 1. The number of hydrogen-bond donors (Lipinski definition) is 1. The summed E-state index contributed by atoms with van der Waals surface area (Å²) >= 11 is 6.02. The van der Waals surface area contributed by atoms with Gasteiger partial charge in [-0.3, -0.25) is 4.98 Å². The summed E-state index contributed by atoms with van der Waals surface area (Å²) in [6, 6.07) is 12.1. The van der Waals surface area contributed by atoms with Crippen molar-refractivity contribution in [3.05, 3.63) is 59.4 Å². The zero-order chi connectivity index (χ0) is 19.8. The fourth-order valence-electron chi connectivity index (χ4n) is 3.64. The van der Waals surface area contributed by atoms with E-state index in [0.29, 0.717) is 11.6 Å². The van der Waals surface area contributed by atoms with Crippen molar-refractivity contribution in [3.63, 3.8) is 0 Å². The number of rotatable bonds is 9. The fraction of sp³-hybridized carbons (Fsp3) is 0.455. The molecule has 2 aromatic rings. The molecule has 1 aliphatic rings. The maximum atomic E-state index is 11.2. The Morgan fingerprint density at radius 2 is 2.00 bits per heavy atom. The summed E-state index contributed by atoms with van der Waals surface area (Å²) in [4.78, 5) is 17.8. The van der Waals surface area contributed by atoms with Crippen LogP contribution >= 0.6 is 24.0 Å². The van der Waals surface area contributed by atoms with E-state index in [2.05, 4.69) is 15.2 Å². The second kappa shape index (κ2) is 11.5. The summed E-state index contributed by atoms with van der Waals surface area (Å²) in [6.45, 7) is 5.36. The summed E-state index contributed by atoms with van der Waals surface area (Å²) in [7, 11) is 0. The Labute approximate surface area is 184 Å². The molecule has 0 radical (unpaired) electrons. The predicted octanol–water partition coefficient (Wildman–Crippen LogP) is 4.25. The summed E-state index contributed by atoms with van der Waals surface area (Å²) in [5.74, 6) is 0. The molecular weight excluding hydrogens is 409 g/mol. The summed E-state index contributed by atoms with van der Waals surface area (Å²) < 4.78 is 6.19. The number of hydrogen-bond acceptors (Lipinski definition) is 5. The lowest BCUT2D eigenvalue weighted by Gasteiger charge is -2.42. The fourth-order valence-corrected chi connectivity index (χ4v) is 3.84. The second-order valence-electron chi connectivity index (χ2n) is 7.46. The molecule has 7 heteroatoms. The maximum absolute atomic E-state index is 11.2. The number of nitrogens with one attached hydrogen (secondary N) is 1. The Morgan fingerprint density at radius 3 is 2.66 bits per heavy atom. The highest BCUT2D eigenvalue weighted by molar-refractivity contribution is 6.30. The molecule has 0 amide bonds. The van der Waals surface area contributed by atoms with E-state index in [-0.39, 0.29) is 18.0 Å². The van der Waals surface area contributed by atoms with Gasteiger partial charge in [-0.1, -0.05) is 29.8 Å². The van der Waals surface area contributed by atoms with Gasteiger partial charge in [0.2, 0.25) is 0 Å². The Kier molecular flexibility index (Phi) is 9.37. The van der Waals surface area contributed by atoms with E-state index in [0.717, 1.165) is 56.4 Å². The van der Waals surface area contributed by atoms with E-state index in [4.69, 9.17) is 16.3 Å². The molecule has 1 N–H and O–H groups in total. The molecule has 1 fully saturated rings. The standard InChI is InChI=1S/C22H28ClN3O2.ClH/c1-18(16-27)28-22(17-25-21-5-3-2-4-6-21)8-11-26(12-9-22)10-7-19-13-20(23)15-24-14-19;/h2-6,13-16,18,25H,7-12,17H2,1H3;1H. The van der Waals surface area contributed by atoms with Crippen LogP contribution in [0.1, 0.15) is 25.3 Å². The monoisotopic (exact) mass is 437 g/mol. The largest absolute Gasteiger partial charge is 0.382 e. The lowest BCUT2D eigenvalue weighted by Crippen LogP contribution is -2.51. The number of para-hydroxylation sites is 1. The number of nitrogens with zero attached hydrogens (tertiary/aromatic N) is 2. The average Bonchev–Trinajstić information content (AvgIpc) is 2.73. The van der Waals surface area contributed by atoms with E-state index in [1.54, 1.807) is 6.20 Å². The third-order valence-corrected chi connectivity index (χ3v) is 5.47. The van der Waals surface area contributed by atoms with E-state index in [1.165, 1.54) is 0 Å². The molecule has 0 bridgehead atoms. The first-order chi connectivity index (χ1) is 13.6. The minimum Gasteiger partial charge on any atom is -0.382 e. The van der Waals surface area contributed by atoms with Crippen molar-refractivity contribution < 1.29 is 9.53 Å². The molecular formula is C22H29Cl2N3O2. The zero-order valence-electron chi connectivity index (χ0n) is 16.7. The van der Waals surface area contributed by atoms with Crippen LogP contribution in [0.5, 0.6) is 0 Å². The van der Waals surface area contributed by atoms with Crippen LogP contribution in [0.25, 0.3) is 0 Å². The number of aldehydes is 1. The molecule has 29 heavy (non-hydrogen) atoms. The van der Waals surface area contributed by atoms with Gasteiger partial charge >= 0.3 is 0 Å². The number of piperidine rings is 1. The lowest BCUT2D eigenvalue weighted by atomic mass is 9.90. The number of aromatic nitrogens is 1. The number of benzene rings is 1. The van der Waals surface area contributed by atoms with Crippen LogP contribution in [0.15, 0.2) is 48.8 Å². The van der Waals surface area contributed by atoms with Gasteiger partial charge < -0.3 is 19.7 Å². The number of halogens is 2. The molecule has 1 unspecified atom stereocenters. The Morgan fingerprint density at radius 1 is 1.28 bits per heavy atom. The third-order valence-electron chi connectivity index (χ3n) is 5.26. The molecule has 1 saturated heterocycles. The van der Waals surface area contributed by atoms with Crippen molar-refractivity contribution in [1.82, 2.24) is 9.88 Å². The van der Waals surface area contributed by atoms with Crippen LogP contribution in [0.4, 0.5) is 5.69 Å². The molecule has 158 valence electrons. The van der Waals surface area contributed by atoms with Crippen molar-refractivity contribution in [1.29, 1.82) is 0 Å². The van der Waals surface area contributed by atoms with E-state index in [9.17, 15) is 4.79 Å². The quantitative estimate of drug-likeness (QED) is 0.594. The number of anilines is 1. The molecule has 5 nitrogen and oxygen atoms in total. The number of ether oxygens (including phenoxy) is 1. The minimum atomic E-state index is -0.401. The Balaban J connectivity index is 0.00000300. The Bertz CT molecular complexity index is 753. The van der Waals surface area contributed by atoms with Crippen molar-refractivity contribution in [3.8, 4) is 0 Å². The van der Waals surface area contributed by atoms with Gasteiger partial charge in [0.25, 0.3) is 0 Å². The number of likely N-dealkylation sites (tertiary alicyclic amines) is 1. The van der Waals surface area contributed by atoms with Gasteiger partial charge in [0, 0.05) is 44.3 Å². The van der Waals surface area contributed by atoms with Gasteiger partial charge in [-0.05, 0) is 49.9 Å². The molecule has 2 heterocycles. The first-order valence-corrected chi connectivity index (χ1v) is 10.2. The van der Waals surface area contributed by atoms with Gasteiger partial charge in [0.05, 0.1) is 10.6 Å². The average molecular weight is 438 g/mol. The molecule has 1 atom stereocenters. The van der Waals surface area contributed by atoms with Crippen LogP contribution in [0.2, 0.25) is 5.02 Å². The molecule has 1 aliphatic heterocycles. The highest BCUT2D eigenvalue weighted by Gasteiger charge is 2.36. The van der Waals surface area contributed by atoms with Crippen LogP contribution < -0.4 is 5.32 Å². The number of carbonyl (C=O) groups is 1. The first-order valence-electron chi connectivity index (χ1n) is 9.82. The lowest BCUT2D eigenvalue weighted by molar-refractivity contribution is -0.137. The van der Waals surface area contributed by atoms with Gasteiger partial charge in [-0.2, -0.15) is 0 Å². The molecule has 3 rings (SSSR count). The van der Waals surface area contributed by atoms with E-state index >= 15 is 0 Å².